The normalized spacial score (nSPS) is 20.9. The van der Waals surface area contributed by atoms with Crippen molar-refractivity contribution in [3.05, 3.63) is 23.4 Å². The summed E-state index contributed by atoms with van der Waals surface area (Å²) in [6, 6.07) is 4.65. The smallest absolute Gasteiger partial charge is 0.123 e. The zero-order valence-electron chi connectivity index (χ0n) is 10.9. The van der Waals surface area contributed by atoms with E-state index in [1.807, 2.05) is 6.07 Å². The summed E-state index contributed by atoms with van der Waals surface area (Å²) in [6.07, 6.45) is 5.12. The second-order valence-electron chi connectivity index (χ2n) is 4.96. The number of aryl methyl sites for hydroxylation is 1. The van der Waals surface area contributed by atoms with E-state index < -0.39 is 0 Å². The molecule has 2 rings (SSSR count). The van der Waals surface area contributed by atoms with E-state index in [1.165, 1.54) is 44.3 Å². The Labute approximate surface area is 104 Å². The molecular formula is C14H23N3. The van der Waals surface area contributed by atoms with Crippen LogP contribution in [-0.2, 0) is 0 Å². The van der Waals surface area contributed by atoms with Crippen LogP contribution < -0.4 is 5.73 Å². The van der Waals surface area contributed by atoms with Crippen LogP contribution in [0.5, 0.6) is 0 Å². The summed E-state index contributed by atoms with van der Waals surface area (Å²) in [5.74, 6) is 0.629. The van der Waals surface area contributed by atoms with Crippen LogP contribution in [0.4, 0.5) is 5.82 Å². The molecule has 1 atom stereocenters. The first kappa shape index (κ1) is 12.4. The molecule has 3 nitrogen and oxygen atoms in total. The predicted octanol–water partition coefficient (Wildman–Crippen LogP) is 2.91. The van der Waals surface area contributed by atoms with Crippen LogP contribution in [0.1, 0.15) is 49.9 Å². The minimum absolute atomic E-state index is 0.564. The molecule has 0 unspecified atom stereocenters. The molecule has 2 N–H and O–H groups in total. The molecular weight excluding hydrogens is 210 g/mol. The zero-order valence-corrected chi connectivity index (χ0v) is 10.9. The fraction of sp³-hybridized carbons (Fsp3) is 0.643. The third-order valence-corrected chi connectivity index (χ3v) is 3.67. The van der Waals surface area contributed by atoms with Gasteiger partial charge in [0.05, 0.1) is 0 Å². The number of unbranched alkanes of at least 4 members (excludes halogenated alkanes) is 1. The molecule has 1 aliphatic heterocycles. The van der Waals surface area contributed by atoms with E-state index in [9.17, 15) is 0 Å². The van der Waals surface area contributed by atoms with Crippen LogP contribution in [0.2, 0.25) is 0 Å². The number of hydrogen-bond donors (Lipinski definition) is 1. The molecule has 1 aliphatic rings. The summed E-state index contributed by atoms with van der Waals surface area (Å²) in [4.78, 5) is 6.98. The van der Waals surface area contributed by atoms with Gasteiger partial charge in [-0.15, -0.1) is 0 Å². The summed E-state index contributed by atoms with van der Waals surface area (Å²) in [5, 5.41) is 0. The lowest BCUT2D eigenvalue weighted by atomic mass is 10.0. The summed E-state index contributed by atoms with van der Waals surface area (Å²) >= 11 is 0. The van der Waals surface area contributed by atoms with Gasteiger partial charge < -0.3 is 5.73 Å². The van der Waals surface area contributed by atoms with Crippen LogP contribution >= 0.6 is 0 Å². The lowest BCUT2D eigenvalue weighted by Gasteiger charge is -2.25. The number of hydrogen-bond acceptors (Lipinski definition) is 3. The quantitative estimate of drug-likeness (QED) is 0.869. The van der Waals surface area contributed by atoms with E-state index in [2.05, 4.69) is 29.8 Å². The maximum absolute atomic E-state index is 5.72. The number of nitrogens with two attached hydrogens (primary N) is 1. The highest BCUT2D eigenvalue weighted by Gasteiger charge is 2.26. The number of nitrogen functional groups attached to an aromatic ring is 1. The standard InChI is InChI=1S/C14H23N3/c1-3-4-9-17-10-5-6-13(17)12-7-8-14(15)16-11(12)2/h7-8,13H,3-6,9-10H2,1-2H3,(H2,15,16)/t13-/m0/s1. The maximum atomic E-state index is 5.72. The van der Waals surface area contributed by atoms with Crippen LogP contribution in [0.25, 0.3) is 0 Å². The largest absolute Gasteiger partial charge is 0.384 e. The molecule has 0 aliphatic carbocycles. The van der Waals surface area contributed by atoms with Crippen molar-refractivity contribution < 1.29 is 0 Å². The summed E-state index contributed by atoms with van der Waals surface area (Å²) in [7, 11) is 0. The summed E-state index contributed by atoms with van der Waals surface area (Å²) in [5.41, 5.74) is 8.18. The highest BCUT2D eigenvalue weighted by Crippen LogP contribution is 2.33. The Morgan fingerprint density at radius 1 is 1.47 bits per heavy atom. The lowest BCUT2D eigenvalue weighted by molar-refractivity contribution is 0.252. The van der Waals surface area contributed by atoms with E-state index in [-0.39, 0.29) is 0 Å². The molecule has 0 aromatic carbocycles. The van der Waals surface area contributed by atoms with Crippen molar-refractivity contribution in [1.82, 2.24) is 9.88 Å². The zero-order chi connectivity index (χ0) is 12.3. The fourth-order valence-corrected chi connectivity index (χ4v) is 2.75. The molecule has 0 amide bonds. The Morgan fingerprint density at radius 3 is 3.00 bits per heavy atom. The van der Waals surface area contributed by atoms with Crippen LogP contribution in [-0.4, -0.2) is 23.0 Å². The molecule has 1 saturated heterocycles. The minimum atomic E-state index is 0.564. The van der Waals surface area contributed by atoms with Gasteiger partial charge in [0.1, 0.15) is 5.82 Å². The topological polar surface area (TPSA) is 42.1 Å². The van der Waals surface area contributed by atoms with Crippen LogP contribution in [0.3, 0.4) is 0 Å². The highest BCUT2D eigenvalue weighted by molar-refractivity contribution is 5.35. The van der Waals surface area contributed by atoms with Crippen molar-refractivity contribution in [2.45, 2.75) is 45.6 Å². The molecule has 1 fully saturated rings. The van der Waals surface area contributed by atoms with Gasteiger partial charge in [0, 0.05) is 11.7 Å². The molecule has 0 bridgehead atoms. The Hall–Kier alpha value is -1.09. The van der Waals surface area contributed by atoms with Gasteiger partial charge in [0.25, 0.3) is 0 Å². The van der Waals surface area contributed by atoms with Gasteiger partial charge in [-0.05, 0) is 50.9 Å². The van der Waals surface area contributed by atoms with E-state index >= 15 is 0 Å². The van der Waals surface area contributed by atoms with Crippen molar-refractivity contribution in [2.24, 2.45) is 0 Å². The second-order valence-corrected chi connectivity index (χ2v) is 4.96. The molecule has 94 valence electrons. The minimum Gasteiger partial charge on any atom is -0.384 e. The van der Waals surface area contributed by atoms with Crippen molar-refractivity contribution in [3.8, 4) is 0 Å². The molecule has 0 saturated carbocycles. The van der Waals surface area contributed by atoms with Gasteiger partial charge >= 0.3 is 0 Å². The number of nitrogens with zero attached hydrogens (tertiary/aromatic N) is 2. The molecule has 3 heteroatoms. The lowest BCUT2D eigenvalue weighted by Crippen LogP contribution is -2.25. The molecule has 1 aromatic heterocycles. The number of pyridine rings is 1. The Balaban J connectivity index is 2.14. The first-order valence-corrected chi connectivity index (χ1v) is 6.69. The van der Waals surface area contributed by atoms with Gasteiger partial charge in [-0.3, -0.25) is 4.90 Å². The Morgan fingerprint density at radius 2 is 2.29 bits per heavy atom. The average Bonchev–Trinajstić information content (AvgIpc) is 2.74. The molecule has 0 radical (unpaired) electrons. The number of aromatic nitrogens is 1. The van der Waals surface area contributed by atoms with Crippen LogP contribution in [0, 0.1) is 6.92 Å². The third kappa shape index (κ3) is 2.78. The van der Waals surface area contributed by atoms with Gasteiger partial charge in [-0.25, -0.2) is 4.98 Å². The molecule has 2 heterocycles. The fourth-order valence-electron chi connectivity index (χ4n) is 2.75. The number of likely N-dealkylation sites (tertiary alicyclic amines) is 1. The molecule has 17 heavy (non-hydrogen) atoms. The second kappa shape index (κ2) is 5.50. The van der Waals surface area contributed by atoms with E-state index in [0.717, 1.165) is 5.69 Å². The third-order valence-electron chi connectivity index (χ3n) is 3.67. The average molecular weight is 233 g/mol. The molecule has 1 aromatic rings. The van der Waals surface area contributed by atoms with E-state index in [1.54, 1.807) is 0 Å². The maximum Gasteiger partial charge on any atom is 0.123 e. The van der Waals surface area contributed by atoms with Gasteiger partial charge in [-0.2, -0.15) is 0 Å². The first-order chi connectivity index (χ1) is 8.22. The monoisotopic (exact) mass is 233 g/mol. The summed E-state index contributed by atoms with van der Waals surface area (Å²) in [6.45, 7) is 6.77. The first-order valence-electron chi connectivity index (χ1n) is 6.69. The van der Waals surface area contributed by atoms with E-state index in [0.29, 0.717) is 11.9 Å². The van der Waals surface area contributed by atoms with Gasteiger partial charge in [0.2, 0.25) is 0 Å². The van der Waals surface area contributed by atoms with Crippen molar-refractivity contribution in [3.63, 3.8) is 0 Å². The van der Waals surface area contributed by atoms with E-state index in [4.69, 9.17) is 5.73 Å². The van der Waals surface area contributed by atoms with Crippen molar-refractivity contribution in [2.75, 3.05) is 18.8 Å². The number of anilines is 1. The number of rotatable bonds is 4. The van der Waals surface area contributed by atoms with Crippen molar-refractivity contribution in [1.29, 1.82) is 0 Å². The van der Waals surface area contributed by atoms with Gasteiger partial charge in [-0.1, -0.05) is 19.4 Å². The van der Waals surface area contributed by atoms with Crippen molar-refractivity contribution >= 4 is 5.82 Å². The highest BCUT2D eigenvalue weighted by atomic mass is 15.2. The summed E-state index contributed by atoms with van der Waals surface area (Å²) < 4.78 is 0. The van der Waals surface area contributed by atoms with Gasteiger partial charge in [0.15, 0.2) is 0 Å². The Kier molecular flexibility index (Phi) is 4.00. The predicted molar refractivity (Wildman–Crippen MR) is 71.8 cm³/mol. The van der Waals surface area contributed by atoms with Crippen LogP contribution in [0.15, 0.2) is 12.1 Å². The SMILES string of the molecule is CCCCN1CCC[C@H]1c1ccc(N)nc1C. The molecule has 0 spiro atoms. The Bertz CT molecular complexity index is 376.